The smallest absolute Gasteiger partial charge is 0.344 e. The number of carbonyl (C=O) groups excluding carboxylic acids is 2. The van der Waals surface area contributed by atoms with E-state index < -0.39 is 12.1 Å². The minimum atomic E-state index is -0.902. The van der Waals surface area contributed by atoms with Gasteiger partial charge in [-0.1, -0.05) is 19.9 Å². The molecule has 0 saturated carbocycles. The van der Waals surface area contributed by atoms with Crippen molar-refractivity contribution in [1.29, 1.82) is 0 Å². The normalized spacial score (nSPS) is 11.9. The van der Waals surface area contributed by atoms with Crippen molar-refractivity contribution in [2.24, 2.45) is 5.92 Å². The quantitative estimate of drug-likeness (QED) is 0.614. The monoisotopic (exact) mass is 294 g/mol. The van der Waals surface area contributed by atoms with Gasteiger partial charge in [-0.25, -0.2) is 4.79 Å². The van der Waals surface area contributed by atoms with E-state index in [4.69, 9.17) is 15.2 Å². The second-order valence-electron chi connectivity index (χ2n) is 5.11. The summed E-state index contributed by atoms with van der Waals surface area (Å²) >= 11 is 0. The Morgan fingerprint density at radius 3 is 2.52 bits per heavy atom. The van der Waals surface area contributed by atoms with Crippen LogP contribution < -0.4 is 15.8 Å². The second-order valence-corrected chi connectivity index (χ2v) is 5.11. The Kier molecular flexibility index (Phi) is 6.02. The Hall–Kier alpha value is -2.24. The number of esters is 1. The van der Waals surface area contributed by atoms with Gasteiger partial charge in [-0.05, 0) is 25.0 Å². The molecule has 0 heterocycles. The predicted molar refractivity (Wildman–Crippen MR) is 80.1 cm³/mol. The summed E-state index contributed by atoms with van der Waals surface area (Å²) in [7, 11) is 1.43. The second kappa shape index (κ2) is 7.52. The molecule has 3 N–H and O–H groups in total. The van der Waals surface area contributed by atoms with Crippen molar-refractivity contribution in [1.82, 2.24) is 5.32 Å². The first-order valence-corrected chi connectivity index (χ1v) is 6.78. The Morgan fingerprint density at radius 2 is 1.95 bits per heavy atom. The number of benzene rings is 1. The summed E-state index contributed by atoms with van der Waals surface area (Å²) in [4.78, 5) is 23.9. The molecular formula is C15H22N2O4. The van der Waals surface area contributed by atoms with E-state index in [1.165, 1.54) is 14.0 Å². The number of methoxy groups -OCH3 is 1. The SMILES string of the molecule is COc1cccc(N)c1C(=O)OC(C)C(=O)NCC(C)C. The number of anilines is 1. The van der Waals surface area contributed by atoms with Crippen LogP contribution in [0.5, 0.6) is 5.75 Å². The van der Waals surface area contributed by atoms with Crippen molar-refractivity contribution >= 4 is 17.6 Å². The maximum Gasteiger partial charge on any atom is 0.344 e. The van der Waals surface area contributed by atoms with E-state index in [0.29, 0.717) is 18.2 Å². The molecule has 0 saturated heterocycles. The maximum absolute atomic E-state index is 12.1. The standard InChI is InChI=1S/C15H22N2O4/c1-9(2)8-17-14(18)10(3)21-15(19)13-11(16)6-5-7-12(13)20-4/h5-7,9-10H,8,16H2,1-4H3,(H,17,18). The molecule has 1 aromatic rings. The molecular weight excluding hydrogens is 272 g/mol. The number of rotatable bonds is 6. The van der Waals surface area contributed by atoms with Gasteiger partial charge in [0.05, 0.1) is 7.11 Å². The van der Waals surface area contributed by atoms with Crippen molar-refractivity contribution < 1.29 is 19.1 Å². The summed E-state index contributed by atoms with van der Waals surface area (Å²) in [5.41, 5.74) is 6.14. The van der Waals surface area contributed by atoms with Crippen LogP contribution in [0.25, 0.3) is 0 Å². The molecule has 0 radical (unpaired) electrons. The number of carbonyl (C=O) groups is 2. The molecule has 1 rings (SSSR count). The van der Waals surface area contributed by atoms with E-state index in [0.717, 1.165) is 0 Å². The molecule has 116 valence electrons. The van der Waals surface area contributed by atoms with Gasteiger partial charge in [-0.15, -0.1) is 0 Å². The van der Waals surface area contributed by atoms with Crippen LogP contribution in [0.3, 0.4) is 0 Å². The highest BCUT2D eigenvalue weighted by Crippen LogP contribution is 2.25. The summed E-state index contributed by atoms with van der Waals surface area (Å²) in [6.07, 6.45) is -0.902. The average molecular weight is 294 g/mol. The van der Waals surface area contributed by atoms with Crippen LogP contribution in [0.4, 0.5) is 5.69 Å². The van der Waals surface area contributed by atoms with Crippen LogP contribution in [-0.4, -0.2) is 31.6 Å². The number of hydrogen-bond donors (Lipinski definition) is 2. The van der Waals surface area contributed by atoms with Crippen LogP contribution in [-0.2, 0) is 9.53 Å². The van der Waals surface area contributed by atoms with Crippen molar-refractivity contribution in [3.05, 3.63) is 23.8 Å². The molecule has 6 nitrogen and oxygen atoms in total. The minimum Gasteiger partial charge on any atom is -0.496 e. The van der Waals surface area contributed by atoms with Crippen molar-refractivity contribution in [2.75, 3.05) is 19.4 Å². The van der Waals surface area contributed by atoms with E-state index in [1.807, 2.05) is 13.8 Å². The minimum absolute atomic E-state index is 0.128. The lowest BCUT2D eigenvalue weighted by atomic mass is 10.1. The molecule has 0 fully saturated rings. The Morgan fingerprint density at radius 1 is 1.29 bits per heavy atom. The molecule has 21 heavy (non-hydrogen) atoms. The number of ether oxygens (including phenoxy) is 2. The summed E-state index contributed by atoms with van der Waals surface area (Å²) in [6, 6.07) is 4.85. The van der Waals surface area contributed by atoms with Crippen molar-refractivity contribution in [2.45, 2.75) is 26.9 Å². The third-order valence-corrected chi connectivity index (χ3v) is 2.82. The third kappa shape index (κ3) is 4.66. The number of amides is 1. The van der Waals surface area contributed by atoms with Gasteiger partial charge in [0.15, 0.2) is 6.10 Å². The highest BCUT2D eigenvalue weighted by Gasteiger charge is 2.23. The van der Waals surface area contributed by atoms with Gasteiger partial charge in [0.2, 0.25) is 0 Å². The Balaban J connectivity index is 2.75. The topological polar surface area (TPSA) is 90.7 Å². The summed E-state index contributed by atoms with van der Waals surface area (Å²) in [6.45, 7) is 6.00. The average Bonchev–Trinajstić information content (AvgIpc) is 2.43. The lowest BCUT2D eigenvalue weighted by molar-refractivity contribution is -0.129. The summed E-state index contributed by atoms with van der Waals surface area (Å²) < 4.78 is 10.2. The molecule has 0 aliphatic heterocycles. The first-order chi connectivity index (χ1) is 9.86. The van der Waals surface area contributed by atoms with Crippen LogP contribution >= 0.6 is 0 Å². The molecule has 0 aromatic heterocycles. The first-order valence-electron chi connectivity index (χ1n) is 6.78. The van der Waals surface area contributed by atoms with Crippen molar-refractivity contribution in [3.8, 4) is 5.75 Å². The fourth-order valence-corrected chi connectivity index (χ4v) is 1.66. The molecule has 0 spiro atoms. The lowest BCUT2D eigenvalue weighted by Crippen LogP contribution is -2.37. The summed E-state index contributed by atoms with van der Waals surface area (Å²) in [5, 5.41) is 2.70. The van der Waals surface area contributed by atoms with Gasteiger partial charge in [0.25, 0.3) is 5.91 Å². The molecule has 1 atom stereocenters. The number of hydrogen-bond acceptors (Lipinski definition) is 5. The maximum atomic E-state index is 12.1. The molecule has 0 bridgehead atoms. The van der Waals surface area contributed by atoms with Crippen LogP contribution in [0.15, 0.2) is 18.2 Å². The van der Waals surface area contributed by atoms with E-state index in [1.54, 1.807) is 18.2 Å². The fraction of sp³-hybridized carbons (Fsp3) is 0.467. The lowest BCUT2D eigenvalue weighted by Gasteiger charge is -2.16. The van der Waals surface area contributed by atoms with E-state index in [9.17, 15) is 9.59 Å². The zero-order valence-electron chi connectivity index (χ0n) is 12.8. The largest absolute Gasteiger partial charge is 0.496 e. The van der Waals surface area contributed by atoms with Gasteiger partial charge in [-0.3, -0.25) is 4.79 Å². The predicted octanol–water partition coefficient (Wildman–Crippen LogP) is 1.59. The zero-order chi connectivity index (χ0) is 16.0. The third-order valence-electron chi connectivity index (χ3n) is 2.82. The first kappa shape index (κ1) is 16.8. The van der Waals surface area contributed by atoms with Crippen molar-refractivity contribution in [3.63, 3.8) is 0 Å². The molecule has 6 heteroatoms. The molecule has 0 aliphatic rings. The van der Waals surface area contributed by atoms with Gasteiger partial charge in [-0.2, -0.15) is 0 Å². The molecule has 0 aliphatic carbocycles. The molecule has 1 unspecified atom stereocenters. The van der Waals surface area contributed by atoms with Crippen LogP contribution in [0, 0.1) is 5.92 Å². The van der Waals surface area contributed by atoms with Crippen LogP contribution in [0.2, 0.25) is 0 Å². The van der Waals surface area contributed by atoms with Gasteiger partial charge >= 0.3 is 5.97 Å². The Labute approximate surface area is 124 Å². The van der Waals surface area contributed by atoms with Gasteiger partial charge in [0.1, 0.15) is 11.3 Å². The molecule has 1 aromatic carbocycles. The number of nitrogen functional groups attached to an aromatic ring is 1. The van der Waals surface area contributed by atoms with E-state index in [2.05, 4.69) is 5.32 Å². The van der Waals surface area contributed by atoms with E-state index >= 15 is 0 Å². The van der Waals surface area contributed by atoms with Gasteiger partial charge < -0.3 is 20.5 Å². The number of nitrogens with two attached hydrogens (primary N) is 1. The van der Waals surface area contributed by atoms with Crippen LogP contribution in [0.1, 0.15) is 31.1 Å². The highest BCUT2D eigenvalue weighted by atomic mass is 16.5. The summed E-state index contributed by atoms with van der Waals surface area (Å²) in [5.74, 6) is -0.390. The van der Waals surface area contributed by atoms with E-state index in [-0.39, 0.29) is 17.2 Å². The zero-order valence-corrected chi connectivity index (χ0v) is 12.8. The number of nitrogens with one attached hydrogen (secondary N) is 1. The fourth-order valence-electron chi connectivity index (χ4n) is 1.66. The Bertz CT molecular complexity index is 514. The van der Waals surface area contributed by atoms with Gasteiger partial charge in [0, 0.05) is 12.2 Å². The highest BCUT2D eigenvalue weighted by molar-refractivity contribution is 5.99. The molecule has 1 amide bonds.